The van der Waals surface area contributed by atoms with Gasteiger partial charge in [0.25, 0.3) is 5.91 Å². The van der Waals surface area contributed by atoms with E-state index >= 15 is 0 Å². The standard InChI is InChI=1S/C20H22N4O4S/c1-4-9-23-13(2)10-15(14(23)3)16-12-29-20(21-16)22-19(25)11-28-18-8-6-5-7-17(18)24(26)27/h5-8,10,12H,4,9,11H2,1-3H3,(H,21,22,25). The number of anilines is 1. The second kappa shape index (κ2) is 8.87. The molecule has 0 atom stereocenters. The van der Waals surface area contributed by atoms with Crippen molar-refractivity contribution < 1.29 is 14.5 Å². The smallest absolute Gasteiger partial charge is 0.310 e. The molecule has 1 amide bonds. The van der Waals surface area contributed by atoms with Gasteiger partial charge >= 0.3 is 5.69 Å². The van der Waals surface area contributed by atoms with Crippen molar-refractivity contribution in [3.05, 3.63) is 57.2 Å². The summed E-state index contributed by atoms with van der Waals surface area (Å²) in [7, 11) is 0. The second-order valence-electron chi connectivity index (χ2n) is 6.54. The largest absolute Gasteiger partial charge is 0.477 e. The molecule has 0 aliphatic carbocycles. The molecule has 3 aromatic rings. The van der Waals surface area contributed by atoms with Crippen molar-refractivity contribution in [3.63, 3.8) is 0 Å². The molecule has 0 aliphatic heterocycles. The van der Waals surface area contributed by atoms with Gasteiger partial charge in [0.15, 0.2) is 17.5 Å². The van der Waals surface area contributed by atoms with Gasteiger partial charge in [-0.25, -0.2) is 4.98 Å². The number of amides is 1. The van der Waals surface area contributed by atoms with Crippen LogP contribution in [0.2, 0.25) is 0 Å². The summed E-state index contributed by atoms with van der Waals surface area (Å²) in [6.07, 6.45) is 1.05. The first-order valence-corrected chi connectivity index (χ1v) is 10.1. The van der Waals surface area contributed by atoms with E-state index in [1.807, 2.05) is 5.38 Å². The molecule has 0 fully saturated rings. The lowest BCUT2D eigenvalue weighted by Gasteiger charge is -2.07. The molecule has 2 aromatic heterocycles. The summed E-state index contributed by atoms with van der Waals surface area (Å²) in [4.78, 5) is 27.1. The number of para-hydroxylation sites is 2. The van der Waals surface area contributed by atoms with Crippen LogP contribution in [0.25, 0.3) is 11.3 Å². The van der Waals surface area contributed by atoms with Crippen molar-refractivity contribution in [2.75, 3.05) is 11.9 Å². The van der Waals surface area contributed by atoms with Gasteiger partial charge in [0.05, 0.1) is 10.6 Å². The van der Waals surface area contributed by atoms with Crippen molar-refractivity contribution in [2.24, 2.45) is 0 Å². The zero-order chi connectivity index (χ0) is 21.0. The van der Waals surface area contributed by atoms with Crippen molar-refractivity contribution in [1.29, 1.82) is 0 Å². The van der Waals surface area contributed by atoms with E-state index in [2.05, 4.69) is 41.7 Å². The van der Waals surface area contributed by atoms with Gasteiger partial charge in [0, 0.05) is 34.9 Å². The quantitative estimate of drug-likeness (QED) is 0.430. The molecule has 1 aromatic carbocycles. The molecule has 2 heterocycles. The lowest BCUT2D eigenvalue weighted by Crippen LogP contribution is -2.20. The second-order valence-corrected chi connectivity index (χ2v) is 7.39. The van der Waals surface area contributed by atoms with Crippen LogP contribution in [0.15, 0.2) is 35.7 Å². The van der Waals surface area contributed by atoms with Crippen LogP contribution in [0.3, 0.4) is 0 Å². The number of ether oxygens (including phenoxy) is 1. The van der Waals surface area contributed by atoms with Crippen molar-refractivity contribution in [2.45, 2.75) is 33.7 Å². The van der Waals surface area contributed by atoms with Crippen LogP contribution in [0.4, 0.5) is 10.8 Å². The number of benzene rings is 1. The first-order chi connectivity index (χ1) is 13.9. The van der Waals surface area contributed by atoms with Gasteiger partial charge in [-0.3, -0.25) is 20.2 Å². The minimum absolute atomic E-state index is 0.0517. The molecule has 9 heteroatoms. The molecule has 0 spiro atoms. The Bertz CT molecular complexity index is 1040. The monoisotopic (exact) mass is 414 g/mol. The van der Waals surface area contributed by atoms with Crippen LogP contribution in [0.5, 0.6) is 5.75 Å². The van der Waals surface area contributed by atoms with E-state index in [1.54, 1.807) is 12.1 Å². The fourth-order valence-corrected chi connectivity index (χ4v) is 3.84. The summed E-state index contributed by atoms with van der Waals surface area (Å²) >= 11 is 1.32. The van der Waals surface area contributed by atoms with Gasteiger partial charge < -0.3 is 9.30 Å². The van der Waals surface area contributed by atoms with E-state index in [0.717, 1.165) is 29.9 Å². The number of carbonyl (C=O) groups is 1. The number of rotatable bonds is 8. The van der Waals surface area contributed by atoms with Crippen LogP contribution >= 0.6 is 11.3 Å². The number of aryl methyl sites for hydroxylation is 1. The maximum atomic E-state index is 12.2. The molecular weight excluding hydrogens is 392 g/mol. The van der Waals surface area contributed by atoms with Crippen LogP contribution in [0.1, 0.15) is 24.7 Å². The van der Waals surface area contributed by atoms with Gasteiger partial charge in [-0.1, -0.05) is 19.1 Å². The first-order valence-electron chi connectivity index (χ1n) is 9.19. The third-order valence-electron chi connectivity index (χ3n) is 4.47. The lowest BCUT2D eigenvalue weighted by molar-refractivity contribution is -0.385. The Kier molecular flexibility index (Phi) is 6.28. The number of hydrogen-bond acceptors (Lipinski definition) is 6. The highest BCUT2D eigenvalue weighted by Gasteiger charge is 2.17. The van der Waals surface area contributed by atoms with Gasteiger partial charge in [-0.2, -0.15) is 0 Å². The third-order valence-corrected chi connectivity index (χ3v) is 5.23. The molecule has 0 saturated carbocycles. The van der Waals surface area contributed by atoms with E-state index in [1.165, 1.54) is 29.2 Å². The maximum Gasteiger partial charge on any atom is 0.310 e. The molecule has 0 radical (unpaired) electrons. The van der Waals surface area contributed by atoms with Crippen LogP contribution in [0, 0.1) is 24.0 Å². The average molecular weight is 414 g/mol. The molecule has 0 aliphatic rings. The number of nitrogens with zero attached hydrogens (tertiary/aromatic N) is 3. The number of nitro groups is 1. The van der Waals surface area contributed by atoms with Crippen LogP contribution < -0.4 is 10.1 Å². The topological polar surface area (TPSA) is 99.3 Å². The summed E-state index contributed by atoms with van der Waals surface area (Å²) < 4.78 is 7.57. The molecule has 152 valence electrons. The summed E-state index contributed by atoms with van der Waals surface area (Å²) in [5.41, 5.74) is 3.99. The summed E-state index contributed by atoms with van der Waals surface area (Å²) in [6, 6.07) is 8.04. The van der Waals surface area contributed by atoms with Crippen LogP contribution in [-0.2, 0) is 11.3 Å². The minimum Gasteiger partial charge on any atom is -0.477 e. The predicted molar refractivity (Wildman–Crippen MR) is 113 cm³/mol. The van der Waals surface area contributed by atoms with Gasteiger partial charge in [0.2, 0.25) is 0 Å². The Morgan fingerprint density at radius 1 is 1.34 bits per heavy atom. The Labute approximate surface area is 172 Å². The highest BCUT2D eigenvalue weighted by atomic mass is 32.1. The van der Waals surface area contributed by atoms with Gasteiger partial charge in [-0.05, 0) is 32.4 Å². The fraction of sp³-hybridized carbons (Fsp3) is 0.300. The van der Waals surface area contributed by atoms with Crippen molar-refractivity contribution in [1.82, 2.24) is 9.55 Å². The number of nitrogens with one attached hydrogen (secondary N) is 1. The van der Waals surface area contributed by atoms with E-state index in [4.69, 9.17) is 4.74 Å². The highest BCUT2D eigenvalue weighted by Crippen LogP contribution is 2.30. The summed E-state index contributed by atoms with van der Waals surface area (Å²) in [6.45, 7) is 6.89. The first kappa shape index (κ1) is 20.5. The molecule has 3 rings (SSSR count). The molecule has 0 bridgehead atoms. The van der Waals surface area contributed by atoms with Crippen molar-refractivity contribution >= 4 is 28.1 Å². The van der Waals surface area contributed by atoms with Gasteiger partial charge in [-0.15, -0.1) is 11.3 Å². The molecule has 0 saturated heterocycles. The molecule has 0 unspecified atom stereocenters. The number of nitro benzene ring substituents is 1. The third kappa shape index (κ3) is 4.62. The Balaban J connectivity index is 1.66. The molecule has 8 nitrogen and oxygen atoms in total. The summed E-state index contributed by atoms with van der Waals surface area (Å²) in [5.74, 6) is -0.378. The van der Waals surface area contributed by atoms with Crippen molar-refractivity contribution in [3.8, 4) is 17.0 Å². The molecule has 29 heavy (non-hydrogen) atoms. The number of hydrogen-bond donors (Lipinski definition) is 1. The van der Waals surface area contributed by atoms with E-state index < -0.39 is 10.8 Å². The lowest BCUT2D eigenvalue weighted by atomic mass is 10.2. The van der Waals surface area contributed by atoms with E-state index in [9.17, 15) is 14.9 Å². The maximum absolute atomic E-state index is 12.2. The van der Waals surface area contributed by atoms with E-state index in [0.29, 0.717) is 5.13 Å². The highest BCUT2D eigenvalue weighted by molar-refractivity contribution is 7.14. The van der Waals surface area contributed by atoms with Gasteiger partial charge in [0.1, 0.15) is 0 Å². The Morgan fingerprint density at radius 2 is 2.10 bits per heavy atom. The Hall–Kier alpha value is -3.20. The predicted octanol–water partition coefficient (Wildman–Crippen LogP) is 4.56. The normalized spacial score (nSPS) is 10.7. The fourth-order valence-electron chi connectivity index (χ4n) is 3.11. The zero-order valence-electron chi connectivity index (χ0n) is 16.5. The van der Waals surface area contributed by atoms with E-state index in [-0.39, 0.29) is 18.0 Å². The minimum atomic E-state index is -0.546. The number of carbonyl (C=O) groups excluding carboxylic acids is 1. The molecule has 1 N–H and O–H groups in total. The Morgan fingerprint density at radius 3 is 2.83 bits per heavy atom. The van der Waals surface area contributed by atoms with Crippen LogP contribution in [-0.4, -0.2) is 27.0 Å². The average Bonchev–Trinajstić information content (AvgIpc) is 3.26. The zero-order valence-corrected chi connectivity index (χ0v) is 17.3. The number of aromatic nitrogens is 2. The number of thiazole rings is 1. The molecular formula is C20H22N4O4S. The summed E-state index contributed by atoms with van der Waals surface area (Å²) in [5, 5.41) is 16.0. The SMILES string of the molecule is CCCn1c(C)cc(-c2csc(NC(=O)COc3ccccc3[N+](=O)[O-])n2)c1C.